The zero-order chi connectivity index (χ0) is 14.0. The van der Waals surface area contributed by atoms with Crippen molar-refractivity contribution in [2.75, 3.05) is 31.1 Å². The van der Waals surface area contributed by atoms with Gasteiger partial charge in [0.15, 0.2) is 0 Å². The summed E-state index contributed by atoms with van der Waals surface area (Å²) in [5.74, 6) is 0.503. The quantitative estimate of drug-likeness (QED) is 0.880. The number of halogens is 2. The van der Waals surface area contributed by atoms with Gasteiger partial charge < -0.3 is 14.9 Å². The van der Waals surface area contributed by atoms with E-state index in [0.717, 1.165) is 10.3 Å². The van der Waals surface area contributed by atoms with Gasteiger partial charge in [0.25, 0.3) is 5.91 Å². The molecule has 7 heteroatoms. The number of aromatic nitrogens is 1. The highest BCUT2D eigenvalue weighted by Gasteiger charge is 2.25. The summed E-state index contributed by atoms with van der Waals surface area (Å²) < 4.78 is 0.837. The first-order valence-electron chi connectivity index (χ1n) is 6.02. The first-order valence-corrected chi connectivity index (χ1v) is 7.19. The number of amides is 1. The van der Waals surface area contributed by atoms with Gasteiger partial charge >= 0.3 is 0 Å². The predicted octanol–water partition coefficient (Wildman–Crippen LogP) is 1.53. The standard InChI is InChI=1S/C12H15BrClN3O2/c1-8(18)12(19)17-4-2-16(3-5-17)11-10(14)6-9(13)7-15-11/h6-8,18H,2-5H2,1H3/t8-/m1/s1. The topological polar surface area (TPSA) is 56.7 Å². The molecular weight excluding hydrogens is 334 g/mol. The summed E-state index contributed by atoms with van der Waals surface area (Å²) in [6, 6.07) is 1.80. The van der Waals surface area contributed by atoms with E-state index < -0.39 is 6.10 Å². The highest BCUT2D eigenvalue weighted by Crippen LogP contribution is 2.26. The zero-order valence-corrected chi connectivity index (χ0v) is 12.9. The van der Waals surface area contributed by atoms with Crippen LogP contribution in [0.2, 0.25) is 5.02 Å². The van der Waals surface area contributed by atoms with E-state index in [0.29, 0.717) is 31.2 Å². The smallest absolute Gasteiger partial charge is 0.251 e. The number of aliphatic hydroxyl groups excluding tert-OH is 1. The molecule has 0 unspecified atom stereocenters. The fraction of sp³-hybridized carbons (Fsp3) is 0.500. The first kappa shape index (κ1) is 14.6. The van der Waals surface area contributed by atoms with Crippen LogP contribution in [0.5, 0.6) is 0 Å². The molecule has 104 valence electrons. The molecule has 1 aliphatic heterocycles. The molecule has 0 bridgehead atoms. The van der Waals surface area contributed by atoms with Gasteiger partial charge in [-0.2, -0.15) is 0 Å². The molecule has 0 saturated carbocycles. The Hall–Kier alpha value is -0.850. The van der Waals surface area contributed by atoms with Crippen LogP contribution in [0.1, 0.15) is 6.92 Å². The van der Waals surface area contributed by atoms with Crippen molar-refractivity contribution < 1.29 is 9.90 Å². The Bertz CT molecular complexity index is 476. The summed E-state index contributed by atoms with van der Waals surface area (Å²) in [5, 5.41) is 9.87. The van der Waals surface area contributed by atoms with Gasteiger partial charge in [0.2, 0.25) is 0 Å². The average molecular weight is 349 g/mol. The lowest BCUT2D eigenvalue weighted by atomic mass is 10.2. The van der Waals surface area contributed by atoms with Crippen LogP contribution < -0.4 is 4.90 Å². The third kappa shape index (κ3) is 3.38. The second-order valence-corrected chi connectivity index (χ2v) is 5.77. The minimum Gasteiger partial charge on any atom is -0.384 e. The zero-order valence-electron chi connectivity index (χ0n) is 10.5. The number of piperazine rings is 1. The van der Waals surface area contributed by atoms with Crippen LogP contribution in [-0.4, -0.2) is 53.2 Å². The average Bonchev–Trinajstić information content (AvgIpc) is 2.38. The van der Waals surface area contributed by atoms with Crippen LogP contribution >= 0.6 is 27.5 Å². The Labute approximate surface area is 125 Å². The number of aliphatic hydroxyl groups is 1. The van der Waals surface area contributed by atoms with E-state index in [9.17, 15) is 9.90 Å². The lowest BCUT2D eigenvalue weighted by molar-refractivity contribution is -0.139. The first-order chi connectivity index (χ1) is 8.99. The molecule has 0 radical (unpaired) electrons. The number of pyridine rings is 1. The third-order valence-corrected chi connectivity index (χ3v) is 3.75. The molecule has 1 amide bonds. The van der Waals surface area contributed by atoms with E-state index in [2.05, 4.69) is 20.9 Å². The van der Waals surface area contributed by atoms with E-state index in [4.69, 9.17) is 11.6 Å². The molecule has 2 heterocycles. The van der Waals surface area contributed by atoms with Crippen molar-refractivity contribution in [1.82, 2.24) is 9.88 Å². The molecule has 19 heavy (non-hydrogen) atoms. The predicted molar refractivity (Wildman–Crippen MR) is 77.4 cm³/mol. The summed E-state index contributed by atoms with van der Waals surface area (Å²) in [7, 11) is 0. The number of hydrogen-bond acceptors (Lipinski definition) is 4. The van der Waals surface area contributed by atoms with E-state index in [1.54, 1.807) is 17.2 Å². The Kier molecular flexibility index (Phi) is 4.65. The van der Waals surface area contributed by atoms with Crippen molar-refractivity contribution in [3.8, 4) is 0 Å². The molecule has 5 nitrogen and oxygen atoms in total. The van der Waals surface area contributed by atoms with Gasteiger partial charge in [0.1, 0.15) is 11.9 Å². The summed E-state index contributed by atoms with van der Waals surface area (Å²) in [4.78, 5) is 19.7. The summed E-state index contributed by atoms with van der Waals surface area (Å²) in [5.41, 5.74) is 0. The van der Waals surface area contributed by atoms with E-state index in [-0.39, 0.29) is 5.91 Å². The molecule has 1 aromatic rings. The number of carbonyl (C=O) groups is 1. The number of anilines is 1. The Morgan fingerprint density at radius 2 is 2.11 bits per heavy atom. The maximum Gasteiger partial charge on any atom is 0.251 e. The number of hydrogen-bond donors (Lipinski definition) is 1. The maximum atomic E-state index is 11.7. The summed E-state index contributed by atoms with van der Waals surface area (Å²) in [6.07, 6.45) is 0.759. The molecule has 1 saturated heterocycles. The second-order valence-electron chi connectivity index (χ2n) is 4.45. The summed E-state index contributed by atoms with van der Waals surface area (Å²) in [6.45, 7) is 3.94. The highest BCUT2D eigenvalue weighted by atomic mass is 79.9. The monoisotopic (exact) mass is 347 g/mol. The molecule has 0 aliphatic carbocycles. The molecule has 1 fully saturated rings. The van der Waals surface area contributed by atoms with E-state index in [1.807, 2.05) is 4.90 Å². The van der Waals surface area contributed by atoms with Gasteiger partial charge in [0.05, 0.1) is 5.02 Å². The van der Waals surface area contributed by atoms with Gasteiger partial charge in [-0.25, -0.2) is 4.98 Å². The van der Waals surface area contributed by atoms with E-state index >= 15 is 0 Å². The molecule has 1 aromatic heterocycles. The SMILES string of the molecule is C[C@@H](O)C(=O)N1CCN(c2ncc(Br)cc2Cl)CC1. The Morgan fingerprint density at radius 1 is 1.47 bits per heavy atom. The lowest BCUT2D eigenvalue weighted by Gasteiger charge is -2.36. The summed E-state index contributed by atoms with van der Waals surface area (Å²) >= 11 is 9.48. The maximum absolute atomic E-state index is 11.7. The van der Waals surface area contributed by atoms with Gasteiger partial charge in [-0.1, -0.05) is 11.6 Å². The van der Waals surface area contributed by atoms with Crippen LogP contribution in [0.3, 0.4) is 0 Å². The van der Waals surface area contributed by atoms with Gasteiger partial charge in [-0.3, -0.25) is 4.79 Å². The molecule has 1 aliphatic rings. The van der Waals surface area contributed by atoms with Gasteiger partial charge in [-0.15, -0.1) is 0 Å². The molecule has 0 aromatic carbocycles. The third-order valence-electron chi connectivity index (χ3n) is 3.04. The fourth-order valence-electron chi connectivity index (χ4n) is 2.04. The molecular formula is C12H15BrClN3O2. The largest absolute Gasteiger partial charge is 0.384 e. The van der Waals surface area contributed by atoms with Crippen LogP contribution in [0.15, 0.2) is 16.7 Å². The normalized spacial score (nSPS) is 17.5. The van der Waals surface area contributed by atoms with Crippen molar-refractivity contribution in [3.05, 3.63) is 21.8 Å². The highest BCUT2D eigenvalue weighted by molar-refractivity contribution is 9.10. The molecule has 1 atom stereocenters. The molecule has 0 spiro atoms. The Balaban J connectivity index is 2.02. The number of rotatable bonds is 2. The van der Waals surface area contributed by atoms with Crippen molar-refractivity contribution in [2.45, 2.75) is 13.0 Å². The fourth-order valence-corrected chi connectivity index (χ4v) is 2.79. The van der Waals surface area contributed by atoms with Crippen LogP contribution in [0.25, 0.3) is 0 Å². The van der Waals surface area contributed by atoms with Crippen molar-refractivity contribution in [1.29, 1.82) is 0 Å². The minimum atomic E-state index is -0.944. The number of nitrogens with zero attached hydrogens (tertiary/aromatic N) is 3. The van der Waals surface area contributed by atoms with Crippen molar-refractivity contribution in [3.63, 3.8) is 0 Å². The van der Waals surface area contributed by atoms with E-state index in [1.165, 1.54) is 6.92 Å². The molecule has 1 N–H and O–H groups in total. The number of carbonyl (C=O) groups excluding carboxylic acids is 1. The van der Waals surface area contributed by atoms with Crippen LogP contribution in [-0.2, 0) is 4.79 Å². The second kappa shape index (κ2) is 6.07. The minimum absolute atomic E-state index is 0.227. The lowest BCUT2D eigenvalue weighted by Crippen LogP contribution is -2.51. The van der Waals surface area contributed by atoms with Crippen molar-refractivity contribution in [2.24, 2.45) is 0 Å². The Morgan fingerprint density at radius 3 is 2.63 bits per heavy atom. The van der Waals surface area contributed by atoms with Crippen LogP contribution in [0, 0.1) is 0 Å². The van der Waals surface area contributed by atoms with Crippen LogP contribution in [0.4, 0.5) is 5.82 Å². The van der Waals surface area contributed by atoms with Crippen molar-refractivity contribution >= 4 is 39.3 Å². The van der Waals surface area contributed by atoms with Gasteiger partial charge in [-0.05, 0) is 28.9 Å². The van der Waals surface area contributed by atoms with Gasteiger partial charge in [0, 0.05) is 36.8 Å². The molecule has 2 rings (SSSR count).